The van der Waals surface area contributed by atoms with Crippen molar-refractivity contribution in [3.8, 4) is 6.07 Å². The molecule has 0 aliphatic heterocycles. The molecule has 2 aromatic carbocycles. The van der Waals surface area contributed by atoms with Gasteiger partial charge in [0.15, 0.2) is 0 Å². The predicted octanol–water partition coefficient (Wildman–Crippen LogP) is 2.66. The number of hydrogen-bond donors (Lipinski definition) is 2. The van der Waals surface area contributed by atoms with E-state index in [9.17, 15) is 10.1 Å². The van der Waals surface area contributed by atoms with E-state index in [-0.39, 0.29) is 11.3 Å². The lowest BCUT2D eigenvalue weighted by atomic mass is 10.1. The van der Waals surface area contributed by atoms with Gasteiger partial charge in [-0.15, -0.1) is 0 Å². The van der Waals surface area contributed by atoms with E-state index in [1.807, 2.05) is 24.3 Å². The molecule has 0 saturated carbocycles. The van der Waals surface area contributed by atoms with Gasteiger partial charge in [-0.3, -0.25) is 10.1 Å². The van der Waals surface area contributed by atoms with Crippen molar-refractivity contribution in [3.05, 3.63) is 63.7 Å². The molecule has 0 aliphatic carbocycles. The van der Waals surface area contributed by atoms with Crippen molar-refractivity contribution in [1.82, 2.24) is 0 Å². The van der Waals surface area contributed by atoms with Crippen LogP contribution in [0.15, 0.2) is 42.5 Å². The number of nitriles is 1. The van der Waals surface area contributed by atoms with Gasteiger partial charge >= 0.3 is 0 Å². The van der Waals surface area contributed by atoms with Gasteiger partial charge in [-0.1, -0.05) is 18.2 Å². The Morgan fingerprint density at radius 3 is 2.70 bits per heavy atom. The van der Waals surface area contributed by atoms with Crippen LogP contribution in [-0.4, -0.2) is 4.92 Å². The van der Waals surface area contributed by atoms with Crippen LogP contribution in [0, 0.1) is 21.4 Å². The number of rotatable bonds is 4. The van der Waals surface area contributed by atoms with E-state index in [1.165, 1.54) is 18.2 Å². The van der Waals surface area contributed by atoms with Crippen molar-refractivity contribution in [2.75, 3.05) is 11.1 Å². The SMILES string of the molecule is N#Cc1cc([N+](=O)[O-])ccc1NCc1ccccc1N. The lowest BCUT2D eigenvalue weighted by Gasteiger charge is -2.09. The summed E-state index contributed by atoms with van der Waals surface area (Å²) in [7, 11) is 0. The van der Waals surface area contributed by atoms with Gasteiger partial charge in [0.05, 0.1) is 16.2 Å². The van der Waals surface area contributed by atoms with Gasteiger partial charge in [0.1, 0.15) is 6.07 Å². The fraction of sp³-hybridized carbons (Fsp3) is 0.0714. The molecule has 3 N–H and O–H groups in total. The van der Waals surface area contributed by atoms with Gasteiger partial charge in [0, 0.05) is 24.4 Å². The van der Waals surface area contributed by atoms with E-state index < -0.39 is 4.92 Å². The maximum atomic E-state index is 10.7. The van der Waals surface area contributed by atoms with Crippen LogP contribution in [0.1, 0.15) is 11.1 Å². The quantitative estimate of drug-likeness (QED) is 0.504. The van der Waals surface area contributed by atoms with Crippen LogP contribution in [0.2, 0.25) is 0 Å². The van der Waals surface area contributed by atoms with Crippen LogP contribution >= 0.6 is 0 Å². The Morgan fingerprint density at radius 1 is 1.30 bits per heavy atom. The van der Waals surface area contributed by atoms with Gasteiger partial charge in [-0.2, -0.15) is 5.26 Å². The molecule has 2 rings (SSSR count). The molecule has 0 spiro atoms. The zero-order valence-corrected chi connectivity index (χ0v) is 10.5. The third kappa shape index (κ3) is 2.84. The number of nitrogens with zero attached hydrogens (tertiary/aromatic N) is 2. The molecule has 0 saturated heterocycles. The maximum absolute atomic E-state index is 10.7. The van der Waals surface area contributed by atoms with E-state index in [0.29, 0.717) is 17.9 Å². The Bertz CT molecular complexity index is 692. The van der Waals surface area contributed by atoms with Crippen molar-refractivity contribution < 1.29 is 4.92 Å². The van der Waals surface area contributed by atoms with Crippen LogP contribution in [0.3, 0.4) is 0 Å². The second-order valence-corrected chi connectivity index (χ2v) is 4.15. The summed E-state index contributed by atoms with van der Waals surface area (Å²) >= 11 is 0. The van der Waals surface area contributed by atoms with Crippen LogP contribution in [-0.2, 0) is 6.54 Å². The van der Waals surface area contributed by atoms with Crippen LogP contribution < -0.4 is 11.1 Å². The highest BCUT2D eigenvalue weighted by atomic mass is 16.6. The number of nitro benzene ring substituents is 1. The highest BCUT2D eigenvalue weighted by molar-refractivity contribution is 5.62. The Labute approximate surface area is 115 Å². The first-order valence-electron chi connectivity index (χ1n) is 5.87. The van der Waals surface area contributed by atoms with Gasteiger partial charge < -0.3 is 11.1 Å². The molecule has 0 fully saturated rings. The lowest BCUT2D eigenvalue weighted by molar-refractivity contribution is -0.384. The van der Waals surface area contributed by atoms with Crippen LogP contribution in [0.5, 0.6) is 0 Å². The average molecular weight is 268 g/mol. The Hall–Kier alpha value is -3.07. The van der Waals surface area contributed by atoms with Crippen LogP contribution in [0.4, 0.5) is 17.1 Å². The van der Waals surface area contributed by atoms with Crippen molar-refractivity contribution >= 4 is 17.1 Å². The zero-order valence-electron chi connectivity index (χ0n) is 10.5. The zero-order chi connectivity index (χ0) is 14.5. The van der Waals surface area contributed by atoms with Gasteiger partial charge in [0.2, 0.25) is 0 Å². The predicted molar refractivity (Wildman–Crippen MR) is 76.0 cm³/mol. The second kappa shape index (κ2) is 5.71. The third-order valence-electron chi connectivity index (χ3n) is 2.86. The summed E-state index contributed by atoms with van der Waals surface area (Å²) < 4.78 is 0. The molecule has 0 heterocycles. The molecule has 0 radical (unpaired) electrons. The monoisotopic (exact) mass is 268 g/mol. The molecule has 0 atom stereocenters. The number of hydrogen-bond acceptors (Lipinski definition) is 5. The molecule has 0 aliphatic rings. The molecule has 0 unspecified atom stereocenters. The third-order valence-corrected chi connectivity index (χ3v) is 2.86. The largest absolute Gasteiger partial charge is 0.398 e. The number of non-ortho nitro benzene ring substituents is 1. The van der Waals surface area contributed by atoms with Gasteiger partial charge in [-0.05, 0) is 17.7 Å². The molecular weight excluding hydrogens is 256 g/mol. The molecule has 6 nitrogen and oxygen atoms in total. The number of nitrogens with one attached hydrogen (secondary N) is 1. The number of nitro groups is 1. The molecule has 20 heavy (non-hydrogen) atoms. The van der Waals surface area contributed by atoms with Gasteiger partial charge in [-0.25, -0.2) is 0 Å². The first-order chi connectivity index (χ1) is 9.61. The smallest absolute Gasteiger partial charge is 0.270 e. The molecule has 0 aromatic heterocycles. The fourth-order valence-corrected chi connectivity index (χ4v) is 1.78. The first-order valence-corrected chi connectivity index (χ1v) is 5.87. The summed E-state index contributed by atoms with van der Waals surface area (Å²) in [6.45, 7) is 0.444. The number of para-hydroxylation sites is 1. The summed E-state index contributed by atoms with van der Waals surface area (Å²) in [5.41, 5.74) is 8.04. The summed E-state index contributed by atoms with van der Waals surface area (Å²) in [5, 5.41) is 22.8. The summed E-state index contributed by atoms with van der Waals surface area (Å²) in [6.07, 6.45) is 0. The lowest BCUT2D eigenvalue weighted by Crippen LogP contribution is -2.04. The highest BCUT2D eigenvalue weighted by Gasteiger charge is 2.10. The number of anilines is 2. The van der Waals surface area contributed by atoms with E-state index in [4.69, 9.17) is 11.0 Å². The van der Waals surface area contributed by atoms with Crippen molar-refractivity contribution in [1.29, 1.82) is 5.26 Å². The normalized spacial score (nSPS) is 9.75. The van der Waals surface area contributed by atoms with E-state index >= 15 is 0 Å². The fourth-order valence-electron chi connectivity index (χ4n) is 1.78. The minimum absolute atomic E-state index is 0.105. The Morgan fingerprint density at radius 2 is 2.05 bits per heavy atom. The molecule has 100 valence electrons. The summed E-state index contributed by atoms with van der Waals surface area (Å²) in [5.74, 6) is 0. The molecular formula is C14H12N4O2. The first kappa shape index (κ1) is 13.4. The average Bonchev–Trinajstić information content (AvgIpc) is 2.46. The minimum Gasteiger partial charge on any atom is -0.398 e. The molecule has 0 bridgehead atoms. The highest BCUT2D eigenvalue weighted by Crippen LogP contribution is 2.22. The standard InChI is InChI=1S/C14H12N4O2/c15-8-11-7-12(18(19)20)5-6-14(11)17-9-10-3-1-2-4-13(10)16/h1-7,17H,9,16H2. The Kier molecular flexibility index (Phi) is 3.82. The Balaban J connectivity index is 2.20. The number of benzene rings is 2. The van der Waals surface area contributed by atoms with Crippen molar-refractivity contribution in [2.24, 2.45) is 0 Å². The van der Waals surface area contributed by atoms with Gasteiger partial charge in [0.25, 0.3) is 5.69 Å². The molecule has 0 amide bonds. The topological polar surface area (TPSA) is 105 Å². The van der Waals surface area contributed by atoms with Crippen molar-refractivity contribution in [3.63, 3.8) is 0 Å². The van der Waals surface area contributed by atoms with E-state index in [1.54, 1.807) is 6.07 Å². The molecule has 6 heteroatoms. The minimum atomic E-state index is -0.528. The number of nitrogens with two attached hydrogens (primary N) is 1. The molecule has 2 aromatic rings. The van der Waals surface area contributed by atoms with E-state index in [2.05, 4.69) is 5.32 Å². The second-order valence-electron chi connectivity index (χ2n) is 4.15. The number of nitrogen functional groups attached to an aromatic ring is 1. The summed E-state index contributed by atoms with van der Waals surface area (Å²) in [6, 6.07) is 13.4. The summed E-state index contributed by atoms with van der Waals surface area (Å²) in [4.78, 5) is 10.1. The maximum Gasteiger partial charge on any atom is 0.270 e. The van der Waals surface area contributed by atoms with E-state index in [0.717, 1.165) is 5.56 Å². The van der Waals surface area contributed by atoms with Crippen molar-refractivity contribution in [2.45, 2.75) is 6.54 Å². The van der Waals surface area contributed by atoms with Crippen LogP contribution in [0.25, 0.3) is 0 Å².